The highest BCUT2D eigenvalue weighted by Gasteiger charge is 2.31. The first kappa shape index (κ1) is 30.5. The molecule has 0 radical (unpaired) electrons. The van der Waals surface area contributed by atoms with Gasteiger partial charge in [0, 0.05) is 24.3 Å². The molecule has 5 N–H and O–H groups in total. The number of carbonyl (C=O) groups excluding carboxylic acids is 4. The summed E-state index contributed by atoms with van der Waals surface area (Å²) in [6.07, 6.45) is 2.00. The van der Waals surface area contributed by atoms with Crippen LogP contribution < -0.4 is 15.5 Å². The lowest BCUT2D eigenvalue weighted by molar-refractivity contribution is -0.154. The summed E-state index contributed by atoms with van der Waals surface area (Å²) in [6.45, 7) is 4.63. The zero-order valence-corrected chi connectivity index (χ0v) is 22.9. The van der Waals surface area contributed by atoms with Gasteiger partial charge in [-0.2, -0.15) is 0 Å². The number of hydrogen-bond donors (Lipinski definition) is 5. The predicted octanol–water partition coefficient (Wildman–Crippen LogP) is 2.64. The van der Waals surface area contributed by atoms with Crippen LogP contribution in [0.4, 0.5) is 10.5 Å². The Hall–Kier alpha value is -5.01. The standard InChI is InChI=1S/C27H32N6O8/c1-4-29-25(37)17-6-5-15(2)20(11-17)33(27(39)41-14-40-22(36)10-9-21(34)35)24(31-13-28)23-16(3)19(12-30-23)26(38)32-18-7-8-18/h5-6,11-13,18,28,30H,4,7-10,14H2,1-3H3,(H,29,37)(H,32,38)(H,34,35). The molecule has 3 amide bonds. The fourth-order valence-electron chi connectivity index (χ4n) is 3.79. The summed E-state index contributed by atoms with van der Waals surface area (Å²) < 4.78 is 10.0. The van der Waals surface area contributed by atoms with Crippen LogP contribution in [0.15, 0.2) is 29.4 Å². The van der Waals surface area contributed by atoms with Crippen LogP contribution in [0, 0.1) is 19.3 Å². The third kappa shape index (κ3) is 8.00. The van der Waals surface area contributed by atoms with Gasteiger partial charge in [-0.1, -0.05) is 6.07 Å². The maximum atomic E-state index is 13.5. The first-order chi connectivity index (χ1) is 19.6. The Morgan fingerprint density at radius 2 is 1.88 bits per heavy atom. The summed E-state index contributed by atoms with van der Waals surface area (Å²) in [6, 6.07) is 4.74. The van der Waals surface area contributed by atoms with Gasteiger partial charge in [-0.05, 0) is 56.9 Å². The van der Waals surface area contributed by atoms with E-state index >= 15 is 0 Å². The highest BCUT2D eigenvalue weighted by molar-refractivity contribution is 6.24. The molecule has 0 unspecified atom stereocenters. The van der Waals surface area contributed by atoms with E-state index in [0.717, 1.165) is 17.7 Å². The molecule has 14 nitrogen and oxygen atoms in total. The van der Waals surface area contributed by atoms with Crippen LogP contribution in [-0.2, 0) is 19.1 Å². The number of amides is 3. The number of esters is 1. The maximum Gasteiger partial charge on any atom is 0.423 e. The highest BCUT2D eigenvalue weighted by Crippen LogP contribution is 2.27. The minimum absolute atomic E-state index is 0.110. The lowest BCUT2D eigenvalue weighted by Gasteiger charge is -2.25. The Morgan fingerprint density at radius 1 is 1.15 bits per heavy atom. The molecule has 2 aromatic rings. The van der Waals surface area contributed by atoms with E-state index in [1.54, 1.807) is 32.9 Å². The minimum Gasteiger partial charge on any atom is -0.481 e. The summed E-state index contributed by atoms with van der Waals surface area (Å²) in [5.41, 5.74) is 1.92. The van der Waals surface area contributed by atoms with Gasteiger partial charge in [0.15, 0.2) is 5.84 Å². The zero-order valence-electron chi connectivity index (χ0n) is 22.9. The number of nitrogens with zero attached hydrogens (tertiary/aromatic N) is 2. The van der Waals surface area contributed by atoms with Crippen LogP contribution in [0.1, 0.15) is 70.1 Å². The van der Waals surface area contributed by atoms with Crippen LogP contribution in [-0.4, -0.2) is 71.5 Å². The summed E-state index contributed by atoms with van der Waals surface area (Å²) in [5.74, 6) is -2.90. The monoisotopic (exact) mass is 568 g/mol. The Labute approximate surface area is 235 Å². The van der Waals surface area contributed by atoms with E-state index in [0.29, 0.717) is 29.6 Å². The molecule has 1 fully saturated rings. The summed E-state index contributed by atoms with van der Waals surface area (Å²) in [7, 11) is 0. The third-order valence-corrected chi connectivity index (χ3v) is 6.10. The van der Waals surface area contributed by atoms with E-state index < -0.39 is 43.6 Å². The van der Waals surface area contributed by atoms with Gasteiger partial charge in [0.2, 0.25) is 6.79 Å². The second-order valence-electron chi connectivity index (χ2n) is 9.17. The number of aromatic nitrogens is 1. The van der Waals surface area contributed by atoms with E-state index in [-0.39, 0.29) is 34.7 Å². The average Bonchev–Trinajstić information content (AvgIpc) is 3.66. The Kier molecular flexibility index (Phi) is 10.3. The molecule has 14 heteroatoms. The van der Waals surface area contributed by atoms with Gasteiger partial charge < -0.3 is 30.2 Å². The van der Waals surface area contributed by atoms with E-state index in [9.17, 15) is 24.0 Å². The third-order valence-electron chi connectivity index (χ3n) is 6.10. The number of benzene rings is 1. The molecule has 0 bridgehead atoms. The number of anilines is 1. The number of carboxylic acid groups (broad SMARTS) is 1. The number of carbonyl (C=O) groups is 5. The molecule has 0 spiro atoms. The van der Waals surface area contributed by atoms with Gasteiger partial charge in [0.1, 0.15) is 6.34 Å². The number of aromatic amines is 1. The number of hydrogen-bond acceptors (Lipinski definition) is 8. The van der Waals surface area contributed by atoms with Gasteiger partial charge in [0.25, 0.3) is 11.8 Å². The molecule has 0 saturated heterocycles. The van der Waals surface area contributed by atoms with Crippen LogP contribution in [0.5, 0.6) is 0 Å². The van der Waals surface area contributed by atoms with Crippen molar-refractivity contribution in [3.05, 3.63) is 52.3 Å². The first-order valence-electron chi connectivity index (χ1n) is 12.9. The topological polar surface area (TPSA) is 203 Å². The average molecular weight is 569 g/mol. The molecule has 0 aliphatic heterocycles. The Morgan fingerprint density at radius 3 is 2.51 bits per heavy atom. The number of carboxylic acids is 1. The van der Waals surface area contributed by atoms with Crippen molar-refractivity contribution in [3.8, 4) is 0 Å². The van der Waals surface area contributed by atoms with Crippen molar-refractivity contribution >= 4 is 47.7 Å². The van der Waals surface area contributed by atoms with E-state index in [1.165, 1.54) is 12.3 Å². The normalized spacial score (nSPS) is 12.7. The molecule has 1 saturated carbocycles. The van der Waals surface area contributed by atoms with Crippen molar-refractivity contribution in [2.45, 2.75) is 52.5 Å². The second kappa shape index (κ2) is 13.9. The first-order valence-corrected chi connectivity index (χ1v) is 12.9. The van der Waals surface area contributed by atoms with E-state index in [2.05, 4.69) is 20.6 Å². The van der Waals surface area contributed by atoms with Crippen molar-refractivity contribution in [1.82, 2.24) is 15.6 Å². The molecular formula is C27H32N6O8. The minimum atomic E-state index is -1.19. The number of aryl methyl sites for hydroxylation is 1. The number of H-pyrrole nitrogens is 1. The number of rotatable bonds is 12. The summed E-state index contributed by atoms with van der Waals surface area (Å²) in [4.78, 5) is 69.4. The molecule has 1 aliphatic carbocycles. The van der Waals surface area contributed by atoms with Crippen molar-refractivity contribution in [2.24, 2.45) is 4.99 Å². The molecule has 1 heterocycles. The van der Waals surface area contributed by atoms with Crippen molar-refractivity contribution in [3.63, 3.8) is 0 Å². The number of nitrogens with one attached hydrogen (secondary N) is 4. The number of aliphatic carboxylic acids is 1. The largest absolute Gasteiger partial charge is 0.481 e. The zero-order chi connectivity index (χ0) is 30.1. The summed E-state index contributed by atoms with van der Waals surface area (Å²) in [5, 5.41) is 22.0. The van der Waals surface area contributed by atoms with Crippen molar-refractivity contribution in [2.75, 3.05) is 18.2 Å². The molecule has 41 heavy (non-hydrogen) atoms. The Bertz CT molecular complexity index is 1380. The molecule has 3 rings (SSSR count). The summed E-state index contributed by atoms with van der Waals surface area (Å²) >= 11 is 0. The SMILES string of the molecule is CCNC(=O)c1ccc(C)c(N(C(=O)OCOC(=O)CCC(=O)O)C(=NC=N)c2[nH]cc(C(=O)NC3CC3)c2C)c1. The fourth-order valence-corrected chi connectivity index (χ4v) is 3.79. The van der Waals surface area contributed by atoms with Gasteiger partial charge in [-0.15, -0.1) is 0 Å². The smallest absolute Gasteiger partial charge is 0.423 e. The lowest BCUT2D eigenvalue weighted by atomic mass is 10.1. The molecule has 1 aliphatic rings. The van der Waals surface area contributed by atoms with Crippen LogP contribution in [0.25, 0.3) is 0 Å². The van der Waals surface area contributed by atoms with Crippen LogP contribution in [0.3, 0.4) is 0 Å². The molecule has 1 aromatic heterocycles. The van der Waals surface area contributed by atoms with E-state index in [4.69, 9.17) is 20.0 Å². The van der Waals surface area contributed by atoms with Crippen LogP contribution in [0.2, 0.25) is 0 Å². The van der Waals surface area contributed by atoms with Crippen molar-refractivity contribution < 1.29 is 38.6 Å². The van der Waals surface area contributed by atoms with Crippen LogP contribution >= 0.6 is 0 Å². The molecule has 0 atom stereocenters. The maximum absolute atomic E-state index is 13.5. The van der Waals surface area contributed by atoms with Gasteiger partial charge >= 0.3 is 18.0 Å². The Balaban J connectivity index is 2.01. The quantitative estimate of drug-likeness (QED) is 0.111. The fraction of sp³-hybridized carbons (Fsp3) is 0.370. The van der Waals surface area contributed by atoms with Gasteiger partial charge in [-0.3, -0.25) is 24.6 Å². The number of ether oxygens (including phenoxy) is 2. The number of amidine groups is 1. The lowest BCUT2D eigenvalue weighted by Crippen LogP contribution is -2.40. The molecule has 218 valence electrons. The predicted molar refractivity (Wildman–Crippen MR) is 147 cm³/mol. The number of aliphatic imine (C=N–C) groups is 1. The molecule has 1 aromatic carbocycles. The van der Waals surface area contributed by atoms with Crippen molar-refractivity contribution in [1.29, 1.82) is 5.41 Å². The van der Waals surface area contributed by atoms with Gasteiger partial charge in [-0.25, -0.2) is 14.7 Å². The molecular weight excluding hydrogens is 536 g/mol. The second-order valence-corrected chi connectivity index (χ2v) is 9.17. The van der Waals surface area contributed by atoms with Gasteiger partial charge in [0.05, 0.1) is 29.8 Å². The van der Waals surface area contributed by atoms with E-state index in [1.807, 2.05) is 0 Å². The highest BCUT2D eigenvalue weighted by atomic mass is 16.7.